The highest BCUT2D eigenvalue weighted by atomic mass is 16.7. The molecule has 3 N–H and O–H groups in total. The first kappa shape index (κ1) is 19.5. The van der Waals surface area contributed by atoms with Gasteiger partial charge in [-0.2, -0.15) is 0 Å². The molecular weight excluding hydrogens is 362 g/mol. The smallest absolute Gasteiger partial charge is 0.279 e. The van der Waals surface area contributed by atoms with Gasteiger partial charge < -0.3 is 29.7 Å². The molecular formula is C20H24N3O5+. The molecule has 28 heavy (non-hydrogen) atoms. The van der Waals surface area contributed by atoms with Crippen LogP contribution in [0.1, 0.15) is 12.5 Å². The van der Waals surface area contributed by atoms with Gasteiger partial charge in [-0.25, -0.2) is 0 Å². The quantitative estimate of drug-likeness (QED) is 0.662. The molecule has 0 aromatic heterocycles. The molecule has 1 heterocycles. The van der Waals surface area contributed by atoms with E-state index >= 15 is 0 Å². The van der Waals surface area contributed by atoms with E-state index in [1.807, 2.05) is 25.2 Å². The number of likely N-dealkylation sites (N-methyl/N-ethyl adjacent to an activating group) is 1. The van der Waals surface area contributed by atoms with Crippen molar-refractivity contribution >= 4 is 23.2 Å². The maximum Gasteiger partial charge on any atom is 0.279 e. The molecule has 3 rings (SSSR count). The Labute approximate surface area is 163 Å². The zero-order chi connectivity index (χ0) is 20.1. The average Bonchev–Trinajstić information content (AvgIpc) is 3.09. The number of carbonyl (C=O) groups is 2. The van der Waals surface area contributed by atoms with E-state index in [2.05, 4.69) is 10.6 Å². The Hall–Kier alpha value is -3.26. The third kappa shape index (κ3) is 4.92. The predicted octanol–water partition coefficient (Wildman–Crippen LogP) is 1.04. The first-order chi connectivity index (χ1) is 13.4. The Morgan fingerprint density at radius 1 is 1.11 bits per heavy atom. The minimum absolute atomic E-state index is 0.156. The molecule has 2 aromatic rings. The van der Waals surface area contributed by atoms with Crippen LogP contribution in [0.25, 0.3) is 0 Å². The number of benzene rings is 2. The summed E-state index contributed by atoms with van der Waals surface area (Å²) in [4.78, 5) is 24.7. The summed E-state index contributed by atoms with van der Waals surface area (Å²) in [6.07, 6.45) is 0. The maximum atomic E-state index is 12.5. The molecule has 8 nitrogen and oxygen atoms in total. The van der Waals surface area contributed by atoms with E-state index in [4.69, 9.17) is 14.2 Å². The lowest BCUT2D eigenvalue weighted by molar-refractivity contribution is -0.885. The van der Waals surface area contributed by atoms with Gasteiger partial charge in [0.2, 0.25) is 12.7 Å². The molecule has 8 heteroatoms. The van der Waals surface area contributed by atoms with Crippen LogP contribution < -0.4 is 29.7 Å². The van der Waals surface area contributed by atoms with Crippen LogP contribution in [0.5, 0.6) is 17.2 Å². The topological polar surface area (TPSA) is 90.3 Å². The first-order valence-corrected chi connectivity index (χ1v) is 8.90. The SMILES string of the molecule is COc1ccc(NC(C)=O)cc1NC(=O)C[NH+](C)Cc1ccc2c(c1)OCO2. The van der Waals surface area contributed by atoms with E-state index in [0.29, 0.717) is 23.7 Å². The van der Waals surface area contributed by atoms with Crippen molar-refractivity contribution in [1.29, 1.82) is 0 Å². The van der Waals surface area contributed by atoms with Crippen molar-refractivity contribution in [2.45, 2.75) is 13.5 Å². The van der Waals surface area contributed by atoms with E-state index in [0.717, 1.165) is 22.0 Å². The third-order valence-electron chi connectivity index (χ3n) is 4.20. The summed E-state index contributed by atoms with van der Waals surface area (Å²) in [5.41, 5.74) is 2.15. The van der Waals surface area contributed by atoms with Gasteiger partial charge in [0.15, 0.2) is 18.0 Å². The fourth-order valence-electron chi connectivity index (χ4n) is 3.02. The Bertz CT molecular complexity index is 884. The molecule has 0 bridgehead atoms. The number of hydrogen-bond acceptors (Lipinski definition) is 5. The Balaban J connectivity index is 1.60. The number of fused-ring (bicyclic) bond motifs is 1. The van der Waals surface area contributed by atoms with Gasteiger partial charge in [-0.05, 0) is 36.4 Å². The standard InChI is InChI=1S/C20H23N3O5/c1-13(24)21-15-5-7-17(26-3)16(9-15)22-20(25)11-23(2)10-14-4-6-18-19(8-14)28-12-27-18/h4-9H,10-12H2,1-3H3,(H,21,24)(H,22,25)/p+1. The molecule has 0 saturated carbocycles. The zero-order valence-corrected chi connectivity index (χ0v) is 16.1. The number of rotatable bonds is 7. The third-order valence-corrected chi connectivity index (χ3v) is 4.20. The van der Waals surface area contributed by atoms with E-state index in [-0.39, 0.29) is 25.2 Å². The second-order valence-corrected chi connectivity index (χ2v) is 6.64. The fraction of sp³-hybridized carbons (Fsp3) is 0.300. The molecule has 1 aliphatic heterocycles. The monoisotopic (exact) mass is 386 g/mol. The molecule has 0 radical (unpaired) electrons. The summed E-state index contributed by atoms with van der Waals surface area (Å²) in [7, 11) is 3.47. The molecule has 0 aliphatic carbocycles. The minimum Gasteiger partial charge on any atom is -0.495 e. The number of ether oxygens (including phenoxy) is 3. The van der Waals surface area contributed by atoms with Gasteiger partial charge in [-0.1, -0.05) is 0 Å². The Morgan fingerprint density at radius 3 is 2.64 bits per heavy atom. The van der Waals surface area contributed by atoms with Crippen molar-refractivity contribution in [1.82, 2.24) is 0 Å². The van der Waals surface area contributed by atoms with Gasteiger partial charge >= 0.3 is 0 Å². The Morgan fingerprint density at radius 2 is 1.89 bits per heavy atom. The van der Waals surface area contributed by atoms with Gasteiger partial charge in [-0.15, -0.1) is 0 Å². The zero-order valence-electron chi connectivity index (χ0n) is 16.1. The fourth-order valence-corrected chi connectivity index (χ4v) is 3.02. The van der Waals surface area contributed by atoms with Gasteiger partial charge in [0.05, 0.1) is 19.8 Å². The molecule has 1 unspecified atom stereocenters. The lowest BCUT2D eigenvalue weighted by Crippen LogP contribution is -3.08. The van der Waals surface area contributed by atoms with Crippen molar-refractivity contribution < 1.29 is 28.7 Å². The lowest BCUT2D eigenvalue weighted by Gasteiger charge is -2.16. The van der Waals surface area contributed by atoms with Crippen molar-refractivity contribution in [3.63, 3.8) is 0 Å². The number of methoxy groups -OCH3 is 1. The van der Waals surface area contributed by atoms with Gasteiger partial charge in [0.25, 0.3) is 5.91 Å². The normalized spacial score (nSPS) is 13.0. The van der Waals surface area contributed by atoms with Crippen LogP contribution in [-0.2, 0) is 16.1 Å². The first-order valence-electron chi connectivity index (χ1n) is 8.90. The lowest BCUT2D eigenvalue weighted by atomic mass is 10.2. The van der Waals surface area contributed by atoms with Crippen LogP contribution in [-0.4, -0.2) is 39.3 Å². The van der Waals surface area contributed by atoms with Crippen LogP contribution in [0.2, 0.25) is 0 Å². The number of quaternary nitrogens is 1. The van der Waals surface area contributed by atoms with Crippen molar-refractivity contribution in [2.24, 2.45) is 0 Å². The summed E-state index contributed by atoms with van der Waals surface area (Å²) >= 11 is 0. The predicted molar refractivity (Wildman–Crippen MR) is 104 cm³/mol. The molecule has 1 aliphatic rings. The molecule has 2 amide bonds. The largest absolute Gasteiger partial charge is 0.495 e. The summed E-state index contributed by atoms with van der Waals surface area (Å²) < 4.78 is 16.0. The van der Waals surface area contributed by atoms with Gasteiger partial charge in [0.1, 0.15) is 12.3 Å². The average molecular weight is 386 g/mol. The van der Waals surface area contributed by atoms with E-state index in [1.165, 1.54) is 14.0 Å². The van der Waals surface area contributed by atoms with E-state index in [9.17, 15) is 9.59 Å². The molecule has 0 fully saturated rings. The van der Waals surface area contributed by atoms with Gasteiger partial charge in [0, 0.05) is 18.2 Å². The molecule has 2 aromatic carbocycles. The van der Waals surface area contributed by atoms with Gasteiger partial charge in [-0.3, -0.25) is 9.59 Å². The van der Waals surface area contributed by atoms with E-state index < -0.39 is 0 Å². The van der Waals surface area contributed by atoms with E-state index in [1.54, 1.807) is 18.2 Å². The summed E-state index contributed by atoms with van der Waals surface area (Å²) in [5.74, 6) is 1.65. The second kappa shape index (κ2) is 8.62. The van der Waals surface area contributed by atoms with Crippen molar-refractivity contribution in [2.75, 3.05) is 38.1 Å². The second-order valence-electron chi connectivity index (χ2n) is 6.64. The summed E-state index contributed by atoms with van der Waals surface area (Å²) in [5, 5.41) is 5.54. The van der Waals surface area contributed by atoms with Crippen molar-refractivity contribution in [3.05, 3.63) is 42.0 Å². The Kier molecular flexibility index (Phi) is 6.00. The molecule has 0 saturated heterocycles. The number of carbonyl (C=O) groups excluding carboxylic acids is 2. The summed E-state index contributed by atoms with van der Waals surface area (Å²) in [6, 6.07) is 10.9. The number of nitrogens with one attached hydrogen (secondary N) is 3. The highest BCUT2D eigenvalue weighted by Gasteiger charge is 2.17. The highest BCUT2D eigenvalue weighted by molar-refractivity contribution is 5.95. The van der Waals surface area contributed by atoms with Crippen LogP contribution >= 0.6 is 0 Å². The van der Waals surface area contributed by atoms with Crippen LogP contribution in [0, 0.1) is 0 Å². The minimum atomic E-state index is -0.185. The number of anilines is 2. The van der Waals surface area contributed by atoms with Crippen LogP contribution in [0.4, 0.5) is 11.4 Å². The van der Waals surface area contributed by atoms with Crippen molar-refractivity contribution in [3.8, 4) is 17.2 Å². The molecule has 0 spiro atoms. The number of hydrogen-bond donors (Lipinski definition) is 3. The number of amides is 2. The van der Waals surface area contributed by atoms with Crippen LogP contribution in [0.3, 0.4) is 0 Å². The molecule has 148 valence electrons. The summed E-state index contributed by atoms with van der Waals surface area (Å²) in [6.45, 7) is 2.59. The maximum absolute atomic E-state index is 12.5. The highest BCUT2D eigenvalue weighted by Crippen LogP contribution is 2.32. The van der Waals surface area contributed by atoms with Crippen LogP contribution in [0.15, 0.2) is 36.4 Å². The molecule has 1 atom stereocenters.